The molecule has 19 heavy (non-hydrogen) atoms. The zero-order chi connectivity index (χ0) is 13.9. The van der Waals surface area contributed by atoms with Crippen LogP contribution in [0.1, 0.15) is 38.2 Å². The Morgan fingerprint density at radius 3 is 2.47 bits per heavy atom. The normalized spacial score (nSPS) is 27.3. The van der Waals surface area contributed by atoms with Crippen LogP contribution in [0.3, 0.4) is 0 Å². The zero-order valence-electron chi connectivity index (χ0n) is 12.5. The summed E-state index contributed by atoms with van der Waals surface area (Å²) in [5.41, 5.74) is 2.69. The van der Waals surface area contributed by atoms with Gasteiger partial charge in [0.15, 0.2) is 0 Å². The Balaban J connectivity index is 2.08. The van der Waals surface area contributed by atoms with Crippen molar-refractivity contribution in [1.82, 2.24) is 0 Å². The van der Waals surface area contributed by atoms with E-state index >= 15 is 0 Å². The lowest BCUT2D eigenvalue weighted by Gasteiger charge is -2.41. The van der Waals surface area contributed by atoms with Crippen molar-refractivity contribution in [2.45, 2.75) is 39.5 Å². The molecule has 0 amide bonds. The Kier molecular flexibility index (Phi) is 4.51. The fourth-order valence-corrected chi connectivity index (χ4v) is 3.32. The van der Waals surface area contributed by atoms with Crippen molar-refractivity contribution in [1.29, 1.82) is 0 Å². The molecular formula is C17H27NO. The Labute approximate surface area is 117 Å². The highest BCUT2D eigenvalue weighted by Crippen LogP contribution is 2.39. The zero-order valence-corrected chi connectivity index (χ0v) is 12.5. The molecule has 1 N–H and O–H groups in total. The van der Waals surface area contributed by atoms with Gasteiger partial charge in [-0.15, -0.1) is 0 Å². The summed E-state index contributed by atoms with van der Waals surface area (Å²) in [6.07, 6.45) is 4.81. The van der Waals surface area contributed by atoms with Crippen LogP contribution >= 0.6 is 0 Å². The lowest BCUT2D eigenvalue weighted by atomic mass is 9.71. The second kappa shape index (κ2) is 5.96. The molecule has 2 rings (SSSR count). The predicted octanol–water partition coefficient (Wildman–Crippen LogP) is 3.62. The molecule has 1 aromatic rings. The van der Waals surface area contributed by atoms with E-state index in [9.17, 15) is 5.11 Å². The van der Waals surface area contributed by atoms with Crippen molar-refractivity contribution in [3.05, 3.63) is 29.8 Å². The average molecular weight is 261 g/mol. The van der Waals surface area contributed by atoms with Crippen LogP contribution in [-0.2, 0) is 0 Å². The van der Waals surface area contributed by atoms with Crippen molar-refractivity contribution in [2.24, 2.45) is 11.3 Å². The maximum Gasteiger partial charge on any atom is 0.0504 e. The number of rotatable bonds is 4. The SMILES string of the molecule is Cc1ccccc1N(C)CC1(CO)CCC(C)CC1. The molecule has 1 aromatic carbocycles. The minimum absolute atomic E-state index is 0.101. The summed E-state index contributed by atoms with van der Waals surface area (Å²) in [4.78, 5) is 2.32. The second-order valence-electron chi connectivity index (χ2n) is 6.48. The quantitative estimate of drug-likeness (QED) is 0.895. The highest BCUT2D eigenvalue weighted by atomic mass is 16.3. The minimum atomic E-state index is 0.101. The Morgan fingerprint density at radius 1 is 1.26 bits per heavy atom. The molecule has 2 nitrogen and oxygen atoms in total. The molecule has 0 aliphatic heterocycles. The van der Waals surface area contributed by atoms with E-state index in [1.807, 2.05) is 0 Å². The Bertz CT molecular complexity index is 407. The van der Waals surface area contributed by atoms with Crippen LogP contribution < -0.4 is 4.90 Å². The smallest absolute Gasteiger partial charge is 0.0504 e. The van der Waals surface area contributed by atoms with E-state index in [0.717, 1.165) is 25.3 Å². The monoisotopic (exact) mass is 261 g/mol. The van der Waals surface area contributed by atoms with Gasteiger partial charge in [-0.3, -0.25) is 0 Å². The summed E-state index contributed by atoms with van der Waals surface area (Å²) in [6.45, 7) is 5.75. The summed E-state index contributed by atoms with van der Waals surface area (Å²) in [7, 11) is 2.15. The van der Waals surface area contributed by atoms with E-state index < -0.39 is 0 Å². The van der Waals surface area contributed by atoms with Crippen LogP contribution in [0.2, 0.25) is 0 Å². The van der Waals surface area contributed by atoms with Gasteiger partial charge in [0, 0.05) is 24.7 Å². The van der Waals surface area contributed by atoms with Gasteiger partial charge in [0.25, 0.3) is 0 Å². The molecule has 106 valence electrons. The van der Waals surface area contributed by atoms with Gasteiger partial charge in [-0.1, -0.05) is 38.0 Å². The number of nitrogens with zero attached hydrogens (tertiary/aromatic N) is 1. The van der Waals surface area contributed by atoms with Gasteiger partial charge in [-0.2, -0.15) is 0 Å². The van der Waals surface area contributed by atoms with Gasteiger partial charge in [0.1, 0.15) is 0 Å². The molecule has 0 atom stereocenters. The lowest BCUT2D eigenvalue weighted by molar-refractivity contribution is 0.0740. The highest BCUT2D eigenvalue weighted by molar-refractivity contribution is 5.52. The maximum atomic E-state index is 9.87. The van der Waals surface area contributed by atoms with Gasteiger partial charge in [-0.05, 0) is 37.3 Å². The van der Waals surface area contributed by atoms with Gasteiger partial charge in [0.05, 0.1) is 6.61 Å². The van der Waals surface area contributed by atoms with Crippen molar-refractivity contribution in [2.75, 3.05) is 25.1 Å². The number of anilines is 1. The van der Waals surface area contributed by atoms with Crippen LogP contribution in [0.5, 0.6) is 0 Å². The van der Waals surface area contributed by atoms with Crippen LogP contribution in [0.15, 0.2) is 24.3 Å². The second-order valence-corrected chi connectivity index (χ2v) is 6.48. The van der Waals surface area contributed by atoms with E-state index in [1.54, 1.807) is 0 Å². The number of para-hydroxylation sites is 1. The van der Waals surface area contributed by atoms with E-state index in [2.05, 4.69) is 50.1 Å². The minimum Gasteiger partial charge on any atom is -0.396 e. The molecule has 0 saturated heterocycles. The third-order valence-electron chi connectivity index (χ3n) is 4.77. The first kappa shape index (κ1) is 14.4. The van der Waals surface area contributed by atoms with E-state index in [0.29, 0.717) is 6.61 Å². The van der Waals surface area contributed by atoms with Crippen LogP contribution in [0, 0.1) is 18.3 Å². The number of hydrogen-bond acceptors (Lipinski definition) is 2. The van der Waals surface area contributed by atoms with Crippen molar-refractivity contribution >= 4 is 5.69 Å². The Hall–Kier alpha value is -1.02. The van der Waals surface area contributed by atoms with Crippen LogP contribution in [0.25, 0.3) is 0 Å². The topological polar surface area (TPSA) is 23.5 Å². The molecular weight excluding hydrogens is 234 g/mol. The number of aryl methyl sites for hydroxylation is 1. The third kappa shape index (κ3) is 3.30. The van der Waals surface area contributed by atoms with Gasteiger partial charge in [-0.25, -0.2) is 0 Å². The molecule has 2 heteroatoms. The molecule has 0 aromatic heterocycles. The van der Waals surface area contributed by atoms with E-state index in [4.69, 9.17) is 0 Å². The first-order chi connectivity index (χ1) is 9.06. The fourth-order valence-electron chi connectivity index (χ4n) is 3.32. The molecule has 0 spiro atoms. The summed E-state index contributed by atoms with van der Waals surface area (Å²) in [6, 6.07) is 8.50. The molecule has 0 radical (unpaired) electrons. The predicted molar refractivity (Wildman–Crippen MR) is 81.6 cm³/mol. The van der Waals surface area contributed by atoms with Crippen molar-refractivity contribution < 1.29 is 5.11 Å². The first-order valence-corrected chi connectivity index (χ1v) is 7.44. The number of aliphatic hydroxyl groups excluding tert-OH is 1. The largest absolute Gasteiger partial charge is 0.396 e. The summed E-state index contributed by atoms with van der Waals surface area (Å²) >= 11 is 0. The number of hydrogen-bond donors (Lipinski definition) is 1. The van der Waals surface area contributed by atoms with E-state index in [-0.39, 0.29) is 5.41 Å². The van der Waals surface area contributed by atoms with Gasteiger partial charge in [0.2, 0.25) is 0 Å². The molecule has 1 aliphatic carbocycles. The Morgan fingerprint density at radius 2 is 1.89 bits per heavy atom. The third-order valence-corrected chi connectivity index (χ3v) is 4.77. The average Bonchev–Trinajstić information content (AvgIpc) is 2.42. The van der Waals surface area contributed by atoms with E-state index in [1.165, 1.54) is 24.1 Å². The lowest BCUT2D eigenvalue weighted by Crippen LogP contribution is -2.41. The first-order valence-electron chi connectivity index (χ1n) is 7.44. The van der Waals surface area contributed by atoms with Gasteiger partial charge < -0.3 is 10.0 Å². The molecule has 1 fully saturated rings. The highest BCUT2D eigenvalue weighted by Gasteiger charge is 2.34. The molecule has 1 aliphatic rings. The van der Waals surface area contributed by atoms with Crippen LogP contribution in [-0.4, -0.2) is 25.3 Å². The molecule has 0 bridgehead atoms. The van der Waals surface area contributed by atoms with Crippen molar-refractivity contribution in [3.63, 3.8) is 0 Å². The maximum absolute atomic E-state index is 9.87. The van der Waals surface area contributed by atoms with Crippen LogP contribution in [0.4, 0.5) is 5.69 Å². The molecule has 1 saturated carbocycles. The number of benzene rings is 1. The van der Waals surface area contributed by atoms with Crippen molar-refractivity contribution in [3.8, 4) is 0 Å². The fraction of sp³-hybridized carbons (Fsp3) is 0.647. The summed E-state index contributed by atoms with van der Waals surface area (Å²) < 4.78 is 0. The molecule has 0 unspecified atom stereocenters. The number of aliphatic hydroxyl groups is 1. The summed E-state index contributed by atoms with van der Waals surface area (Å²) in [5.74, 6) is 0.823. The van der Waals surface area contributed by atoms with Gasteiger partial charge >= 0.3 is 0 Å². The summed E-state index contributed by atoms with van der Waals surface area (Å²) in [5, 5.41) is 9.87. The standard InChI is InChI=1S/C17H27NO/c1-14-8-10-17(13-19,11-9-14)12-18(3)16-7-5-4-6-15(16)2/h4-7,14,19H,8-13H2,1-3H3. The molecule has 0 heterocycles.